The fraction of sp³-hybridized carbons (Fsp3) is 0.250. The maximum Gasteiger partial charge on any atom is 0.267 e. The molecule has 0 fully saturated rings. The van der Waals surface area contributed by atoms with E-state index in [0.29, 0.717) is 16.7 Å². The zero-order chi connectivity index (χ0) is 9.84. The zero-order valence-corrected chi connectivity index (χ0v) is 9.19. The van der Waals surface area contributed by atoms with Gasteiger partial charge in [0.25, 0.3) is 5.56 Å². The molecule has 1 rings (SSSR count). The third-order valence-electron chi connectivity index (χ3n) is 1.54. The number of nitrogens with two attached hydrogens (primary N) is 1. The molecule has 0 amide bonds. The Morgan fingerprint density at radius 3 is 3.08 bits per heavy atom. The average Bonchev–Trinajstić information content (AvgIpc) is 2.13. The quantitative estimate of drug-likeness (QED) is 0.646. The van der Waals surface area contributed by atoms with Crippen molar-refractivity contribution >= 4 is 22.6 Å². The predicted octanol–water partition coefficient (Wildman–Crippen LogP) is 0.363. The van der Waals surface area contributed by atoms with E-state index in [1.165, 1.54) is 17.1 Å². The largest absolute Gasteiger partial charge is 0.327 e. The van der Waals surface area contributed by atoms with E-state index in [1.807, 2.05) is 22.6 Å². The van der Waals surface area contributed by atoms with Crippen molar-refractivity contribution in [3.05, 3.63) is 38.6 Å². The first-order valence-corrected chi connectivity index (χ1v) is 4.79. The van der Waals surface area contributed by atoms with Crippen LogP contribution in [0.25, 0.3) is 0 Å². The minimum atomic E-state index is -0.0507. The summed E-state index contributed by atoms with van der Waals surface area (Å²) < 4.78 is 2.10. The molecule has 0 aliphatic rings. The lowest BCUT2D eigenvalue weighted by Gasteiger charge is -2.05. The highest BCUT2D eigenvalue weighted by Crippen LogP contribution is 1.95. The summed E-state index contributed by atoms with van der Waals surface area (Å²) in [5.41, 5.74) is 6.13. The molecule has 0 atom stereocenters. The fourth-order valence-corrected chi connectivity index (χ4v) is 1.31. The summed E-state index contributed by atoms with van der Waals surface area (Å²) in [6, 6.07) is 0. The van der Waals surface area contributed by atoms with Crippen LogP contribution in [0.5, 0.6) is 0 Å². The Bertz CT molecular complexity index is 372. The molecule has 0 aliphatic carbocycles. The van der Waals surface area contributed by atoms with Crippen molar-refractivity contribution in [1.29, 1.82) is 0 Å². The first-order valence-electron chi connectivity index (χ1n) is 3.72. The highest BCUT2D eigenvalue weighted by Gasteiger charge is 2.00. The van der Waals surface area contributed by atoms with Gasteiger partial charge in [-0.1, -0.05) is 6.58 Å². The van der Waals surface area contributed by atoms with Crippen molar-refractivity contribution < 1.29 is 0 Å². The van der Waals surface area contributed by atoms with E-state index in [2.05, 4.69) is 11.6 Å². The molecule has 13 heavy (non-hydrogen) atoms. The summed E-state index contributed by atoms with van der Waals surface area (Å²) in [7, 11) is 0. The van der Waals surface area contributed by atoms with Crippen LogP contribution in [0, 0.1) is 3.57 Å². The van der Waals surface area contributed by atoms with Gasteiger partial charge in [-0.25, -0.2) is 4.98 Å². The van der Waals surface area contributed by atoms with Crippen LogP contribution in [0.15, 0.2) is 29.5 Å². The van der Waals surface area contributed by atoms with Crippen molar-refractivity contribution in [2.75, 3.05) is 6.54 Å². The van der Waals surface area contributed by atoms with Crippen LogP contribution in [-0.4, -0.2) is 16.1 Å². The number of hydrogen-bond donors (Lipinski definition) is 1. The van der Waals surface area contributed by atoms with Crippen LogP contribution in [-0.2, 0) is 6.54 Å². The molecule has 0 aliphatic heterocycles. The van der Waals surface area contributed by atoms with Gasteiger partial charge >= 0.3 is 0 Å². The molecule has 0 spiro atoms. The minimum Gasteiger partial charge on any atom is -0.327 e. The fourth-order valence-electron chi connectivity index (χ4n) is 0.842. The van der Waals surface area contributed by atoms with E-state index >= 15 is 0 Å². The Hall–Kier alpha value is -0.690. The third-order valence-corrected chi connectivity index (χ3v) is 2.28. The van der Waals surface area contributed by atoms with Gasteiger partial charge < -0.3 is 5.73 Å². The molecular weight excluding hydrogens is 281 g/mol. The second kappa shape index (κ2) is 4.52. The minimum absolute atomic E-state index is 0.0507. The van der Waals surface area contributed by atoms with Gasteiger partial charge in [0.15, 0.2) is 0 Å². The molecule has 70 valence electrons. The van der Waals surface area contributed by atoms with Gasteiger partial charge in [0.1, 0.15) is 0 Å². The maximum atomic E-state index is 11.5. The summed E-state index contributed by atoms with van der Waals surface area (Å²) in [5.74, 6) is 0. The van der Waals surface area contributed by atoms with Crippen molar-refractivity contribution in [2.24, 2.45) is 5.73 Å². The highest BCUT2D eigenvalue weighted by molar-refractivity contribution is 14.1. The molecule has 0 bridgehead atoms. The lowest BCUT2D eigenvalue weighted by atomic mass is 10.3. The number of hydrogen-bond acceptors (Lipinski definition) is 3. The van der Waals surface area contributed by atoms with Gasteiger partial charge in [0.05, 0.1) is 9.90 Å². The topological polar surface area (TPSA) is 60.9 Å². The van der Waals surface area contributed by atoms with Gasteiger partial charge in [-0.15, -0.1) is 0 Å². The van der Waals surface area contributed by atoms with Crippen LogP contribution in [0.1, 0.15) is 0 Å². The third kappa shape index (κ3) is 2.63. The Balaban J connectivity index is 2.96. The van der Waals surface area contributed by atoms with Crippen molar-refractivity contribution in [1.82, 2.24) is 9.55 Å². The number of rotatable bonds is 3. The Labute approximate surface area is 89.6 Å². The smallest absolute Gasteiger partial charge is 0.267 e. The Morgan fingerprint density at radius 2 is 2.46 bits per heavy atom. The molecule has 2 N–H and O–H groups in total. The first-order chi connectivity index (χ1) is 6.15. The SMILES string of the molecule is C=C(CN)Cn1cncc(I)c1=O. The second-order valence-corrected chi connectivity index (χ2v) is 3.79. The lowest BCUT2D eigenvalue weighted by molar-refractivity contribution is 0.711. The van der Waals surface area contributed by atoms with Gasteiger partial charge in [-0.05, 0) is 28.2 Å². The van der Waals surface area contributed by atoms with Crippen LogP contribution >= 0.6 is 22.6 Å². The van der Waals surface area contributed by atoms with Gasteiger partial charge in [-0.3, -0.25) is 9.36 Å². The number of nitrogens with zero attached hydrogens (tertiary/aromatic N) is 2. The molecule has 0 saturated carbocycles. The molecular formula is C8H10IN3O. The maximum absolute atomic E-state index is 11.5. The van der Waals surface area contributed by atoms with E-state index in [9.17, 15) is 4.79 Å². The Morgan fingerprint density at radius 1 is 1.77 bits per heavy atom. The van der Waals surface area contributed by atoms with Gasteiger partial charge in [0.2, 0.25) is 0 Å². The molecule has 0 saturated heterocycles. The summed E-state index contributed by atoms with van der Waals surface area (Å²) in [6.07, 6.45) is 3.02. The molecule has 4 nitrogen and oxygen atoms in total. The monoisotopic (exact) mass is 291 g/mol. The summed E-state index contributed by atoms with van der Waals surface area (Å²) in [6.45, 7) is 4.55. The van der Waals surface area contributed by atoms with Crippen LogP contribution in [0.4, 0.5) is 0 Å². The molecule has 0 radical (unpaired) electrons. The van der Waals surface area contributed by atoms with Crippen LogP contribution < -0.4 is 11.3 Å². The predicted molar refractivity (Wildman–Crippen MR) is 59.4 cm³/mol. The van der Waals surface area contributed by atoms with Crippen LogP contribution in [0.2, 0.25) is 0 Å². The molecule has 0 aromatic carbocycles. The van der Waals surface area contributed by atoms with E-state index in [1.54, 1.807) is 0 Å². The summed E-state index contributed by atoms with van der Waals surface area (Å²) in [4.78, 5) is 15.4. The lowest BCUT2D eigenvalue weighted by Crippen LogP contribution is -2.24. The van der Waals surface area contributed by atoms with Crippen molar-refractivity contribution in [3.8, 4) is 0 Å². The number of aromatic nitrogens is 2. The molecule has 1 heterocycles. The molecule has 5 heteroatoms. The zero-order valence-electron chi connectivity index (χ0n) is 7.03. The van der Waals surface area contributed by atoms with Crippen molar-refractivity contribution in [2.45, 2.75) is 6.54 Å². The standard InChI is InChI=1S/C8H10IN3O/c1-6(2-10)4-12-5-11-3-7(9)8(12)13/h3,5H,1-2,4,10H2. The normalized spacial score (nSPS) is 10.0. The van der Waals surface area contributed by atoms with Crippen molar-refractivity contribution in [3.63, 3.8) is 0 Å². The molecule has 1 aromatic heterocycles. The van der Waals surface area contributed by atoms with Gasteiger partial charge in [-0.2, -0.15) is 0 Å². The van der Waals surface area contributed by atoms with E-state index in [-0.39, 0.29) is 5.56 Å². The van der Waals surface area contributed by atoms with Gasteiger partial charge in [0, 0.05) is 19.3 Å². The van der Waals surface area contributed by atoms with Crippen LogP contribution in [0.3, 0.4) is 0 Å². The molecule has 1 aromatic rings. The highest BCUT2D eigenvalue weighted by atomic mass is 127. The second-order valence-electron chi connectivity index (χ2n) is 2.63. The van der Waals surface area contributed by atoms with E-state index in [4.69, 9.17) is 5.73 Å². The average molecular weight is 291 g/mol. The summed E-state index contributed by atoms with van der Waals surface area (Å²) >= 11 is 1.95. The molecule has 0 unspecified atom stereocenters. The summed E-state index contributed by atoms with van der Waals surface area (Å²) in [5, 5.41) is 0. The number of halogens is 1. The van der Waals surface area contributed by atoms with E-state index < -0.39 is 0 Å². The Kier molecular flexibility index (Phi) is 3.61. The van der Waals surface area contributed by atoms with E-state index in [0.717, 1.165) is 5.57 Å². The first kappa shape index (κ1) is 10.4.